The van der Waals surface area contributed by atoms with Crippen molar-refractivity contribution in [2.75, 3.05) is 13.2 Å². The molecule has 0 atom stereocenters. The summed E-state index contributed by atoms with van der Waals surface area (Å²) in [6.07, 6.45) is 1.93. The average Bonchev–Trinajstić information content (AvgIpc) is 2.57. The Bertz CT molecular complexity index is 515. The lowest BCUT2D eigenvalue weighted by Gasteiger charge is -2.19. The maximum atomic E-state index is 11.8. The number of esters is 1. The second-order valence-electron chi connectivity index (χ2n) is 5.21. The predicted molar refractivity (Wildman–Crippen MR) is 88.6 cm³/mol. The van der Waals surface area contributed by atoms with E-state index in [0.717, 1.165) is 24.0 Å². The maximum Gasteiger partial charge on any atom is 0.319 e. The number of benzene rings is 2. The number of hydrogen-bond donors (Lipinski definition) is 1. The molecule has 2 aromatic rings. The molecule has 0 unspecified atom stereocenters. The van der Waals surface area contributed by atoms with Gasteiger partial charge in [0.15, 0.2) is 0 Å². The summed E-state index contributed by atoms with van der Waals surface area (Å²) in [5.74, 6) is -0.203. The van der Waals surface area contributed by atoms with Crippen LogP contribution in [0.3, 0.4) is 0 Å². The normalized spacial score (nSPS) is 10.6. The minimum atomic E-state index is -0.203. The summed E-state index contributed by atoms with van der Waals surface area (Å²) < 4.78 is 5.20. The molecule has 0 fully saturated rings. The number of nitrogens with one attached hydrogen (secondary N) is 1. The molecule has 3 heteroatoms. The van der Waals surface area contributed by atoms with Gasteiger partial charge >= 0.3 is 5.97 Å². The highest BCUT2D eigenvalue weighted by atomic mass is 16.5. The Kier molecular flexibility index (Phi) is 6.65. The van der Waals surface area contributed by atoms with Crippen LogP contribution in [0.5, 0.6) is 0 Å². The number of carbonyl (C=O) groups is 1. The lowest BCUT2D eigenvalue weighted by molar-refractivity contribution is -0.142. The predicted octanol–water partition coefficient (Wildman–Crippen LogP) is 3.71. The number of rotatable bonds is 8. The Labute approximate surface area is 132 Å². The van der Waals surface area contributed by atoms with Crippen LogP contribution in [0.4, 0.5) is 0 Å². The highest BCUT2D eigenvalue weighted by molar-refractivity contribution is 5.71. The first-order chi connectivity index (χ1) is 10.8. The first kappa shape index (κ1) is 16.2. The fraction of sp³-hybridized carbons (Fsp3) is 0.316. The molecule has 0 saturated heterocycles. The molecule has 0 heterocycles. The van der Waals surface area contributed by atoms with E-state index < -0.39 is 0 Å². The molecule has 0 aliphatic heterocycles. The van der Waals surface area contributed by atoms with Gasteiger partial charge in [0, 0.05) is 0 Å². The molecule has 0 saturated carbocycles. The van der Waals surface area contributed by atoms with Crippen molar-refractivity contribution in [3.8, 4) is 0 Å². The van der Waals surface area contributed by atoms with Gasteiger partial charge in [-0.1, -0.05) is 74.0 Å². The number of unbranched alkanes of at least 4 members (excludes halogenated alkanes) is 1. The van der Waals surface area contributed by atoms with Crippen molar-refractivity contribution in [3.05, 3.63) is 71.8 Å². The Morgan fingerprint density at radius 2 is 1.55 bits per heavy atom. The zero-order valence-electron chi connectivity index (χ0n) is 13.0. The molecule has 22 heavy (non-hydrogen) atoms. The number of carbonyl (C=O) groups excluding carboxylic acids is 1. The molecule has 0 amide bonds. The van der Waals surface area contributed by atoms with E-state index in [1.165, 1.54) is 0 Å². The van der Waals surface area contributed by atoms with Crippen LogP contribution < -0.4 is 5.32 Å². The highest BCUT2D eigenvalue weighted by Gasteiger charge is 2.14. The third kappa shape index (κ3) is 5.01. The van der Waals surface area contributed by atoms with Crippen molar-refractivity contribution in [3.63, 3.8) is 0 Å². The molecular formula is C19H23NO2. The summed E-state index contributed by atoms with van der Waals surface area (Å²) in [5.41, 5.74) is 2.27. The van der Waals surface area contributed by atoms with E-state index in [2.05, 4.69) is 36.5 Å². The van der Waals surface area contributed by atoms with E-state index in [0.29, 0.717) is 6.61 Å². The Morgan fingerprint density at radius 3 is 2.05 bits per heavy atom. The van der Waals surface area contributed by atoms with Crippen molar-refractivity contribution in [2.45, 2.75) is 25.8 Å². The van der Waals surface area contributed by atoms with Gasteiger partial charge in [0.05, 0.1) is 19.2 Å². The molecule has 0 aliphatic carbocycles. The SMILES string of the molecule is CCCCOC(=O)CNC(c1ccccc1)c1ccccc1. The van der Waals surface area contributed by atoms with Crippen LogP contribution in [0.25, 0.3) is 0 Å². The van der Waals surface area contributed by atoms with E-state index in [4.69, 9.17) is 4.74 Å². The van der Waals surface area contributed by atoms with Crippen molar-refractivity contribution in [2.24, 2.45) is 0 Å². The van der Waals surface area contributed by atoms with Crippen LogP contribution in [0.2, 0.25) is 0 Å². The quantitative estimate of drug-likeness (QED) is 0.596. The van der Waals surface area contributed by atoms with Crippen LogP contribution in [0.15, 0.2) is 60.7 Å². The van der Waals surface area contributed by atoms with Crippen LogP contribution in [-0.4, -0.2) is 19.1 Å². The first-order valence-electron chi connectivity index (χ1n) is 7.80. The Morgan fingerprint density at radius 1 is 1.00 bits per heavy atom. The van der Waals surface area contributed by atoms with Gasteiger partial charge in [0.2, 0.25) is 0 Å². The summed E-state index contributed by atoms with van der Waals surface area (Å²) >= 11 is 0. The first-order valence-corrected chi connectivity index (χ1v) is 7.80. The molecule has 0 aliphatic rings. The van der Waals surface area contributed by atoms with Crippen LogP contribution in [0.1, 0.15) is 36.9 Å². The number of ether oxygens (including phenoxy) is 1. The standard InChI is InChI=1S/C19H23NO2/c1-2-3-14-22-18(21)15-20-19(16-10-6-4-7-11-16)17-12-8-5-9-13-17/h4-13,19-20H,2-3,14-15H2,1H3. The number of hydrogen-bond acceptors (Lipinski definition) is 3. The summed E-state index contributed by atoms with van der Waals surface area (Å²) in [5, 5.41) is 3.30. The minimum absolute atomic E-state index is 0.0128. The lowest BCUT2D eigenvalue weighted by atomic mass is 9.99. The topological polar surface area (TPSA) is 38.3 Å². The summed E-state index contributed by atoms with van der Waals surface area (Å²) in [7, 11) is 0. The summed E-state index contributed by atoms with van der Waals surface area (Å²) in [6.45, 7) is 2.78. The van der Waals surface area contributed by atoms with Crippen LogP contribution in [0, 0.1) is 0 Å². The fourth-order valence-corrected chi connectivity index (χ4v) is 2.29. The zero-order valence-corrected chi connectivity index (χ0v) is 13.0. The molecular weight excluding hydrogens is 274 g/mol. The summed E-state index contributed by atoms with van der Waals surface area (Å²) in [4.78, 5) is 11.8. The molecule has 3 nitrogen and oxygen atoms in total. The van der Waals surface area contributed by atoms with Crippen LogP contribution in [-0.2, 0) is 9.53 Å². The van der Waals surface area contributed by atoms with E-state index in [9.17, 15) is 4.79 Å². The van der Waals surface area contributed by atoms with Gasteiger partial charge in [0.25, 0.3) is 0 Å². The second-order valence-corrected chi connectivity index (χ2v) is 5.21. The van der Waals surface area contributed by atoms with Gasteiger partial charge in [-0.15, -0.1) is 0 Å². The van der Waals surface area contributed by atoms with Crippen molar-refractivity contribution >= 4 is 5.97 Å². The van der Waals surface area contributed by atoms with Crippen molar-refractivity contribution in [1.29, 1.82) is 0 Å². The molecule has 2 rings (SSSR count). The van der Waals surface area contributed by atoms with Gasteiger partial charge < -0.3 is 4.74 Å². The Hall–Kier alpha value is -2.13. The van der Waals surface area contributed by atoms with E-state index >= 15 is 0 Å². The monoisotopic (exact) mass is 297 g/mol. The van der Waals surface area contributed by atoms with E-state index in [1.807, 2.05) is 36.4 Å². The van der Waals surface area contributed by atoms with Gasteiger partial charge in [-0.25, -0.2) is 0 Å². The van der Waals surface area contributed by atoms with Crippen LogP contribution >= 0.6 is 0 Å². The lowest BCUT2D eigenvalue weighted by Crippen LogP contribution is -2.29. The van der Waals surface area contributed by atoms with E-state index in [-0.39, 0.29) is 18.6 Å². The average molecular weight is 297 g/mol. The zero-order chi connectivity index (χ0) is 15.6. The minimum Gasteiger partial charge on any atom is -0.465 e. The molecule has 1 N–H and O–H groups in total. The molecule has 2 aromatic carbocycles. The molecule has 0 bridgehead atoms. The highest BCUT2D eigenvalue weighted by Crippen LogP contribution is 2.21. The van der Waals surface area contributed by atoms with E-state index in [1.54, 1.807) is 0 Å². The largest absolute Gasteiger partial charge is 0.465 e. The fourth-order valence-electron chi connectivity index (χ4n) is 2.29. The maximum absolute atomic E-state index is 11.8. The van der Waals surface area contributed by atoms with Gasteiger partial charge in [-0.05, 0) is 17.5 Å². The van der Waals surface area contributed by atoms with Gasteiger partial charge in [0.1, 0.15) is 0 Å². The second kappa shape index (κ2) is 9.00. The molecule has 0 aromatic heterocycles. The Balaban J connectivity index is 2.02. The molecule has 116 valence electrons. The summed E-state index contributed by atoms with van der Waals surface area (Å²) in [6, 6.07) is 20.2. The van der Waals surface area contributed by atoms with Gasteiger partial charge in [-0.3, -0.25) is 10.1 Å². The third-order valence-electron chi connectivity index (χ3n) is 3.48. The third-order valence-corrected chi connectivity index (χ3v) is 3.48. The smallest absolute Gasteiger partial charge is 0.319 e. The molecule has 0 radical (unpaired) electrons. The van der Waals surface area contributed by atoms with Crippen molar-refractivity contribution in [1.82, 2.24) is 5.32 Å². The van der Waals surface area contributed by atoms with Gasteiger partial charge in [-0.2, -0.15) is 0 Å². The molecule has 0 spiro atoms. The van der Waals surface area contributed by atoms with Crippen molar-refractivity contribution < 1.29 is 9.53 Å².